The molecule has 4 saturated carbocycles. The van der Waals surface area contributed by atoms with Crippen LogP contribution < -0.4 is 0 Å². The average molecular weight is 1090 g/mol. The lowest BCUT2D eigenvalue weighted by molar-refractivity contribution is -0.365. The van der Waals surface area contributed by atoms with E-state index in [1.165, 1.54) is 12.5 Å². The molecule has 0 unspecified atom stereocenters. The molecule has 4 heterocycles. The van der Waals surface area contributed by atoms with Gasteiger partial charge in [0.05, 0.1) is 44.1 Å². The fourth-order valence-corrected chi connectivity index (χ4v) is 16.1. The van der Waals surface area contributed by atoms with Gasteiger partial charge >= 0.3 is 11.9 Å². The molecular formula is C54H86O22. The first kappa shape index (κ1) is 58.6. The Morgan fingerprint density at radius 3 is 2.00 bits per heavy atom. The summed E-state index contributed by atoms with van der Waals surface area (Å²) in [5, 5.41) is 119. The van der Waals surface area contributed by atoms with Gasteiger partial charge in [-0.15, -0.1) is 0 Å². The molecule has 0 radical (unpaired) electrons. The third-order valence-corrected chi connectivity index (χ3v) is 21.0. The molecule has 27 atom stereocenters. The number of allylic oxidation sites excluding steroid dienone is 2. The van der Waals surface area contributed by atoms with Crippen molar-refractivity contribution in [1.82, 2.24) is 0 Å². The monoisotopic (exact) mass is 1090 g/mol. The minimum atomic E-state index is -1.82. The Bertz CT molecular complexity index is 2130. The molecule has 9 aliphatic rings. The van der Waals surface area contributed by atoms with Gasteiger partial charge in [-0.1, -0.05) is 53.2 Å². The van der Waals surface area contributed by atoms with Crippen molar-refractivity contribution in [3.8, 4) is 0 Å². The maximum absolute atomic E-state index is 15.1. The van der Waals surface area contributed by atoms with Crippen LogP contribution in [0, 0.1) is 50.2 Å². The molecular weight excluding hydrogens is 1000 g/mol. The highest BCUT2D eigenvalue weighted by Gasteiger charge is 2.71. The summed E-state index contributed by atoms with van der Waals surface area (Å²) in [4.78, 5) is 26.7. The van der Waals surface area contributed by atoms with Crippen molar-refractivity contribution in [2.45, 2.75) is 236 Å². The molecule has 8 fully saturated rings. The zero-order valence-electron chi connectivity index (χ0n) is 45.1. The molecule has 434 valence electrons. The van der Waals surface area contributed by atoms with Crippen LogP contribution in [0.1, 0.15) is 120 Å². The predicted molar refractivity (Wildman–Crippen MR) is 260 cm³/mol. The summed E-state index contributed by atoms with van der Waals surface area (Å²) in [5.41, 5.74) is -1.66. The first-order chi connectivity index (χ1) is 35.6. The number of aliphatic hydroxyl groups excluding tert-OH is 11. The van der Waals surface area contributed by atoms with Crippen LogP contribution in [-0.2, 0) is 52.2 Å². The second-order valence-corrected chi connectivity index (χ2v) is 25.8. The number of hydrogen-bond acceptors (Lipinski definition) is 22. The summed E-state index contributed by atoms with van der Waals surface area (Å²) in [6, 6.07) is 0. The van der Waals surface area contributed by atoms with E-state index in [0.29, 0.717) is 38.5 Å². The number of aliphatic hydroxyl groups is 11. The molecule has 11 N–H and O–H groups in total. The normalized spacial score (nSPS) is 53.2. The van der Waals surface area contributed by atoms with E-state index in [2.05, 4.69) is 40.7 Å². The molecule has 4 aliphatic heterocycles. The lowest BCUT2D eigenvalue weighted by Crippen LogP contribution is -2.67. The van der Waals surface area contributed by atoms with Crippen molar-refractivity contribution in [1.29, 1.82) is 0 Å². The molecule has 5 aliphatic carbocycles. The Balaban J connectivity index is 0.926. The molecule has 0 aromatic carbocycles. The zero-order valence-corrected chi connectivity index (χ0v) is 45.1. The van der Waals surface area contributed by atoms with E-state index in [1.807, 2.05) is 6.92 Å². The van der Waals surface area contributed by atoms with Crippen LogP contribution in [0.25, 0.3) is 0 Å². The number of esters is 2. The highest BCUT2D eigenvalue weighted by atomic mass is 16.8. The average Bonchev–Trinajstić information content (AvgIpc) is 3.39. The Morgan fingerprint density at radius 1 is 0.645 bits per heavy atom. The Labute approximate surface area is 443 Å². The standard InChI is InChI=1S/C54H86O22/c1-24-34(59)37(62)39(64)45(71-24)75-43-35(60)28(57)20-69-47(43)74-33-12-13-50(5)31(51(33,6)23-55)11-14-53(8)32(50)10-9-26-27-19-49(3,4)15-17-54(27,18-16-52(26,53)7)48(67)76-46-40(65)38(63)36(61)30(73-46)22-70-44-41(66)42(72-25(2)56)29(58)21-68-44/h9,24,27-47,55,57-66H,10-23H2,1-8H3/t24-,27+,28-,29-,30-,31+,32+,33-,34-,35+,36-,37+,38+,39-,40-,41-,42+,43-,44+,45+,46+,47+,50-,51-,52+,53+,54+/m0/s1. The van der Waals surface area contributed by atoms with E-state index in [1.54, 1.807) is 0 Å². The number of ether oxygens (including phenoxy) is 9. The molecule has 4 saturated heterocycles. The highest BCUT2D eigenvalue weighted by Crippen LogP contribution is 2.76. The maximum atomic E-state index is 15.1. The van der Waals surface area contributed by atoms with Gasteiger partial charge in [0.2, 0.25) is 6.29 Å². The fraction of sp³-hybridized carbons (Fsp3) is 0.926. The van der Waals surface area contributed by atoms with Crippen molar-refractivity contribution in [2.24, 2.45) is 50.2 Å². The summed E-state index contributed by atoms with van der Waals surface area (Å²) < 4.78 is 52.9. The van der Waals surface area contributed by atoms with Crippen molar-refractivity contribution in [2.75, 3.05) is 26.4 Å². The number of hydrogen-bond donors (Lipinski definition) is 11. The van der Waals surface area contributed by atoms with Gasteiger partial charge < -0.3 is 98.8 Å². The predicted octanol–water partition coefficient (Wildman–Crippen LogP) is -0.186. The Kier molecular flexibility index (Phi) is 16.5. The van der Waals surface area contributed by atoms with Crippen molar-refractivity contribution in [3.63, 3.8) is 0 Å². The van der Waals surface area contributed by atoms with E-state index in [9.17, 15) is 61.0 Å². The zero-order chi connectivity index (χ0) is 55.4. The van der Waals surface area contributed by atoms with Gasteiger partial charge in [-0.25, -0.2) is 0 Å². The van der Waals surface area contributed by atoms with Crippen molar-refractivity contribution < 1.29 is 108 Å². The topological polar surface area (TPSA) is 340 Å². The minimum absolute atomic E-state index is 0.0399. The lowest BCUT2D eigenvalue weighted by Gasteiger charge is -2.71. The summed E-state index contributed by atoms with van der Waals surface area (Å²) in [7, 11) is 0. The van der Waals surface area contributed by atoms with Crippen LogP contribution in [-0.4, -0.2) is 211 Å². The lowest BCUT2D eigenvalue weighted by atomic mass is 9.33. The van der Waals surface area contributed by atoms with Crippen molar-refractivity contribution in [3.05, 3.63) is 11.6 Å². The molecule has 0 bridgehead atoms. The number of fused-ring (bicyclic) bond motifs is 7. The van der Waals surface area contributed by atoms with E-state index < -0.39 is 146 Å². The summed E-state index contributed by atoms with van der Waals surface area (Å²) in [5.74, 6) is -1.44. The summed E-state index contributed by atoms with van der Waals surface area (Å²) in [6.45, 7) is 14.8. The molecule has 0 spiro atoms. The third kappa shape index (κ3) is 9.73. The number of carbonyl (C=O) groups excluding carboxylic acids is 2. The maximum Gasteiger partial charge on any atom is 0.315 e. The highest BCUT2D eigenvalue weighted by molar-refractivity contribution is 5.79. The second-order valence-electron chi connectivity index (χ2n) is 25.8. The third-order valence-electron chi connectivity index (χ3n) is 21.0. The van der Waals surface area contributed by atoms with E-state index in [4.69, 9.17) is 42.6 Å². The van der Waals surface area contributed by atoms with Crippen LogP contribution in [0.3, 0.4) is 0 Å². The van der Waals surface area contributed by atoms with Gasteiger partial charge in [0.25, 0.3) is 0 Å². The molecule has 0 aromatic heterocycles. The van der Waals surface area contributed by atoms with Crippen LogP contribution in [0.5, 0.6) is 0 Å². The first-order valence-corrected chi connectivity index (χ1v) is 27.5. The van der Waals surface area contributed by atoms with Crippen molar-refractivity contribution >= 4 is 11.9 Å². The van der Waals surface area contributed by atoms with Gasteiger partial charge in [0.15, 0.2) is 25.0 Å². The molecule has 0 amide bonds. The van der Waals surface area contributed by atoms with Gasteiger partial charge in [0.1, 0.15) is 73.2 Å². The molecule has 22 heteroatoms. The minimum Gasteiger partial charge on any atom is -0.457 e. The number of rotatable bonds is 11. The second kappa shape index (κ2) is 21.4. The van der Waals surface area contributed by atoms with E-state index in [-0.39, 0.29) is 59.2 Å². The molecule has 9 rings (SSSR count). The smallest absolute Gasteiger partial charge is 0.315 e. The SMILES string of the molecule is CC(=O)O[C@H]1[C@H](O)[C@@H](OC[C@@H]2O[C@H](OC(=O)[C@@]34CCC(C)(C)C[C@@H]3C3=CC[C@@H]5[C@@]6(C)CC[C@H](O[C@H]7OC[C@H](O)[C@@H](O)[C@@H]7O[C@H]7O[C@@H](C)[C@H](O)[C@@H](O)[C@@H]7O)[C@@](C)(CO)[C@@H]6CC[C@@]5(C)[C@]3(C)CC4)[C@@H](O)[C@H](O)[C@H]2O)OC[C@@H]1O. The Hall–Kier alpha value is -2.04. The largest absolute Gasteiger partial charge is 0.457 e. The van der Waals surface area contributed by atoms with Gasteiger partial charge in [-0.2, -0.15) is 0 Å². The molecule has 22 nitrogen and oxygen atoms in total. The van der Waals surface area contributed by atoms with Gasteiger partial charge in [-0.05, 0) is 111 Å². The van der Waals surface area contributed by atoms with E-state index in [0.717, 1.165) is 32.6 Å². The van der Waals surface area contributed by atoms with Gasteiger partial charge in [0, 0.05) is 12.3 Å². The quantitative estimate of drug-likeness (QED) is 0.0726. The fourth-order valence-electron chi connectivity index (χ4n) is 16.1. The molecule has 76 heavy (non-hydrogen) atoms. The number of carbonyl (C=O) groups is 2. The van der Waals surface area contributed by atoms with E-state index >= 15 is 4.79 Å². The van der Waals surface area contributed by atoms with Crippen LogP contribution in [0.4, 0.5) is 0 Å². The summed E-state index contributed by atoms with van der Waals surface area (Å²) >= 11 is 0. The van der Waals surface area contributed by atoms with Crippen LogP contribution in [0.15, 0.2) is 11.6 Å². The van der Waals surface area contributed by atoms with Gasteiger partial charge in [-0.3, -0.25) is 9.59 Å². The van der Waals surface area contributed by atoms with Crippen LogP contribution >= 0.6 is 0 Å². The molecule has 0 aromatic rings. The van der Waals surface area contributed by atoms with Crippen LogP contribution in [0.2, 0.25) is 0 Å². The first-order valence-electron chi connectivity index (χ1n) is 27.5. The summed E-state index contributed by atoms with van der Waals surface area (Å²) in [6.07, 6.45) is -18.4. The Morgan fingerprint density at radius 2 is 1.30 bits per heavy atom.